The third kappa shape index (κ3) is 7.33. The Balaban J connectivity index is 1.35. The van der Waals surface area contributed by atoms with Crippen LogP contribution in [0.15, 0.2) is 284 Å². The number of aromatic nitrogens is 5. The number of nitrogens with zero attached hydrogens (tertiary/aromatic N) is 5. The molecule has 3 heterocycles. The smallest absolute Gasteiger partial charge is 0.240 e. The van der Waals surface area contributed by atoms with Crippen LogP contribution in [0.3, 0.4) is 0 Å². The summed E-state index contributed by atoms with van der Waals surface area (Å²) >= 11 is 0. The van der Waals surface area contributed by atoms with Gasteiger partial charge in [-0.3, -0.25) is 9.13 Å². The van der Waals surface area contributed by atoms with E-state index in [1.807, 2.05) is 0 Å². The van der Waals surface area contributed by atoms with Gasteiger partial charge >= 0.3 is 0 Å². The van der Waals surface area contributed by atoms with Crippen molar-refractivity contribution >= 4 is 72.4 Å². The van der Waals surface area contributed by atoms with Crippen LogP contribution in [0.5, 0.6) is 0 Å². The molecule has 0 bridgehead atoms. The molecule has 0 aliphatic carbocycles. The molecule has 0 saturated heterocycles. The molecule has 0 aliphatic rings. The Morgan fingerprint density at radius 1 is 0.280 bits per heavy atom. The third-order valence-corrected chi connectivity index (χ3v) is 15.7. The van der Waals surface area contributed by atoms with Crippen molar-refractivity contribution in [3.8, 4) is 56.7 Å². The van der Waals surface area contributed by atoms with E-state index >= 15 is 0 Å². The van der Waals surface area contributed by atoms with Gasteiger partial charge in [0.15, 0.2) is 13.9 Å². The monoisotopic (exact) mass is 1020 g/mol. The first-order valence-corrected chi connectivity index (χ1v) is 23.7. The second-order valence-electron chi connectivity index (χ2n) is 15.6. The molecule has 0 saturated carbocycles. The predicted molar refractivity (Wildman–Crippen MR) is 314 cm³/mol. The summed E-state index contributed by atoms with van der Waals surface area (Å²) in [4.78, 5) is 14.1. The normalized spacial score (nSPS) is 20.5. The van der Waals surface area contributed by atoms with Crippen LogP contribution in [0.25, 0.3) is 100 Å². The maximum Gasteiger partial charge on any atom is 0.240 e. The maximum absolute atomic E-state index is 11.1. The summed E-state index contributed by atoms with van der Waals surface area (Å²) in [6.07, 6.45) is 0. The van der Waals surface area contributed by atoms with Crippen molar-refractivity contribution in [1.82, 2.24) is 24.1 Å². The molecule has 11 aromatic carbocycles. The van der Waals surface area contributed by atoms with Crippen LogP contribution in [0.4, 0.5) is 0 Å². The highest BCUT2D eigenvalue weighted by Gasteiger charge is 2.42. The second kappa shape index (κ2) is 18.4. The van der Waals surface area contributed by atoms with Gasteiger partial charge in [0, 0.05) is 38.2 Å². The number of fused-ring (bicyclic) bond motifs is 6. The highest BCUT2D eigenvalue weighted by atomic mass is 28.3. The van der Waals surface area contributed by atoms with Gasteiger partial charge in [0.2, 0.25) is 11.9 Å². The van der Waals surface area contributed by atoms with E-state index in [2.05, 4.69) is 9.97 Å². The average Bonchev–Trinajstić information content (AvgIpc) is 0.825. The lowest BCUT2D eigenvalue weighted by molar-refractivity contribution is 0.893. The maximum atomic E-state index is 11.1. The number of hydrogen-bond donors (Lipinski definition) is 0. The van der Waals surface area contributed by atoms with Crippen LogP contribution >= 0.6 is 0 Å². The van der Waals surface area contributed by atoms with E-state index in [1.54, 1.807) is 0 Å². The highest BCUT2D eigenvalue weighted by Crippen LogP contribution is 2.40. The van der Waals surface area contributed by atoms with E-state index in [4.69, 9.17) is 22.8 Å². The second-order valence-corrected chi connectivity index (χ2v) is 19.1. The Bertz CT molecular complexity index is 6840. The summed E-state index contributed by atoms with van der Waals surface area (Å²) < 4.78 is 445. The molecular weight excluding hydrogens is 927 g/mol. The fraction of sp³-hybridized carbons (Fsp3) is 0. The SMILES string of the molecule is [2H]c1c([2H])c([2H])c(-c2c([2H])c([2H])c([2H])c([Si](c3c([2H])c([2H])c([2H])c([2H])c3[2H])(c3c([2H])c([2H])c([2H])c([2H])c3[2H])c3c([2H])c([2H])c([2H])c(-c4nc(-n5c6c([2H])c([2H])c([2H])c([2H])c6c6c([2H])c([2H])c([2H])c(-c7c([2H])c([2H])c([2H])c([2H])c7[2H])c65)nc(-n5c6c([2H])c([2H])c([2H])c([2H])c6c6c([2H])c([2H])c([2H])c(-c7c([2H])c([2H])c([2H])c([2H])c7[2H])c65)n4)c3[2H])c2[2H])c([2H])c1[2H]. The molecule has 3 aromatic heterocycles. The predicted octanol–water partition coefficient (Wildman–Crippen LogP) is 14.1. The Morgan fingerprint density at radius 2 is 0.627 bits per heavy atom. The number of rotatable bonds is 10. The quantitative estimate of drug-likeness (QED) is 0.101. The van der Waals surface area contributed by atoms with Crippen LogP contribution in [-0.2, 0) is 0 Å². The molecule has 0 atom stereocenters. The van der Waals surface area contributed by atoms with Crippen molar-refractivity contribution in [2.24, 2.45) is 0 Å². The zero-order valence-corrected chi connectivity index (χ0v) is 38.2. The van der Waals surface area contributed by atoms with Crippen LogP contribution in [-0.4, -0.2) is 32.2 Å². The van der Waals surface area contributed by atoms with Crippen LogP contribution in [0.2, 0.25) is 0 Å². The van der Waals surface area contributed by atoms with Gasteiger partial charge in [-0.1, -0.05) is 272 Å². The lowest BCUT2D eigenvalue weighted by Crippen LogP contribution is -2.74. The van der Waals surface area contributed by atoms with Crippen molar-refractivity contribution in [3.63, 3.8) is 0 Å². The minimum atomic E-state index is -7.18. The van der Waals surface area contributed by atoms with Gasteiger partial charge in [0.05, 0.1) is 86.5 Å². The summed E-state index contributed by atoms with van der Waals surface area (Å²) in [5, 5.41) is -9.62. The van der Waals surface area contributed by atoms with Gasteiger partial charge in [-0.15, -0.1) is 0 Å². The van der Waals surface area contributed by atoms with Gasteiger partial charge in [-0.2, -0.15) is 15.0 Å². The Hall–Kier alpha value is -9.75. The first-order valence-electron chi connectivity index (χ1n) is 45.2. The van der Waals surface area contributed by atoms with Crippen molar-refractivity contribution in [1.29, 1.82) is 0 Å². The molecule has 0 radical (unpaired) electrons. The molecule has 0 spiro atoms. The standard InChI is InChI=1S/C69H47N5Si/c1-6-24-48(25-7-1)51-30-20-36-55(46-51)75(53-32-12-4-13-33-53,54-34-14-5-15-35-54)56-37-21-31-52(47-56)67-70-68(73-63-44-18-16-38-59(63)61-42-22-40-57(65(61)73)49-26-8-2-9-27-49)72-69(71-67)74-64-45-19-17-39-60(64)62-43-23-41-58(66(62)74)50-28-10-3-11-29-50/h1-47H/i1D,2D,3D,4D,5D,6D,7D,8D,9D,10D,11D,12D,13D,14D,15D,16D,17D,18D,19D,20D,21D,22D,23D,24D,25D,26D,27D,28D,29D,30D,31D,32D,33D,34D,35D,36D,37D,38D,39D,40D,41D,42D,43D,44D,45D,46D,47D. The summed E-state index contributed by atoms with van der Waals surface area (Å²) in [7, 11) is -7.18. The van der Waals surface area contributed by atoms with Crippen LogP contribution in [0.1, 0.15) is 64.4 Å². The molecule has 0 fully saturated rings. The number of benzene rings is 11. The van der Waals surface area contributed by atoms with Crippen LogP contribution < -0.4 is 20.7 Å². The molecular formula is C69H47N5Si. The average molecular weight is 1020 g/mol. The molecule has 0 aliphatic heterocycles. The summed E-state index contributed by atoms with van der Waals surface area (Å²) in [6.45, 7) is 0. The van der Waals surface area contributed by atoms with E-state index < -0.39 is 413 Å². The molecule has 352 valence electrons. The number of hydrogen-bond acceptors (Lipinski definition) is 3. The molecule has 14 rings (SSSR count). The van der Waals surface area contributed by atoms with Crippen molar-refractivity contribution in [2.75, 3.05) is 0 Å². The van der Waals surface area contributed by atoms with Gasteiger partial charge in [-0.05, 0) is 55.1 Å². The summed E-state index contributed by atoms with van der Waals surface area (Å²) in [5.41, 5.74) is -12.3. The minimum absolute atomic E-state index is 0.459. The third-order valence-electron chi connectivity index (χ3n) is 11.7. The zero-order chi connectivity index (χ0) is 90.6. The largest absolute Gasteiger partial charge is 0.277 e. The Labute approximate surface area is 502 Å². The van der Waals surface area contributed by atoms with Crippen LogP contribution in [0, 0.1) is 0 Å². The molecule has 6 heteroatoms. The molecule has 0 N–H and O–H groups in total. The van der Waals surface area contributed by atoms with E-state index in [0.29, 0.717) is 9.13 Å². The molecule has 0 amide bonds. The fourth-order valence-corrected chi connectivity index (χ4v) is 12.2. The van der Waals surface area contributed by atoms with Gasteiger partial charge < -0.3 is 0 Å². The summed E-state index contributed by atoms with van der Waals surface area (Å²) in [6, 6.07) is -61.7. The molecule has 5 nitrogen and oxygen atoms in total. The zero-order valence-electron chi connectivity index (χ0n) is 84.2. The fourth-order valence-electron chi connectivity index (χ4n) is 8.62. The van der Waals surface area contributed by atoms with Gasteiger partial charge in [0.25, 0.3) is 0 Å². The topological polar surface area (TPSA) is 48.5 Å². The van der Waals surface area contributed by atoms with Crippen molar-refractivity contribution in [2.45, 2.75) is 0 Å². The van der Waals surface area contributed by atoms with E-state index in [1.165, 1.54) is 0 Å². The van der Waals surface area contributed by atoms with Crippen molar-refractivity contribution < 1.29 is 64.4 Å². The summed E-state index contributed by atoms with van der Waals surface area (Å²) in [5.74, 6) is -4.39. The Morgan fingerprint density at radius 3 is 1.11 bits per heavy atom. The van der Waals surface area contributed by atoms with E-state index in [-0.39, 0.29) is 0 Å². The van der Waals surface area contributed by atoms with Crippen molar-refractivity contribution in [3.05, 3.63) is 284 Å². The first kappa shape index (κ1) is 17.2. The van der Waals surface area contributed by atoms with Gasteiger partial charge in [0.1, 0.15) is 0 Å². The Kier molecular flexibility index (Phi) is 4.21. The highest BCUT2D eigenvalue weighted by molar-refractivity contribution is 7.20. The number of para-hydroxylation sites is 4. The molecule has 14 aromatic rings. The first-order chi connectivity index (χ1) is 56.7. The molecule has 75 heavy (non-hydrogen) atoms. The van der Waals surface area contributed by atoms with E-state index in [9.17, 15) is 46.6 Å². The van der Waals surface area contributed by atoms with E-state index in [0.717, 1.165) is 0 Å². The molecule has 0 unspecified atom stereocenters. The van der Waals surface area contributed by atoms with Gasteiger partial charge in [-0.25, -0.2) is 0 Å². The lowest BCUT2D eigenvalue weighted by Gasteiger charge is -2.35. The lowest BCUT2D eigenvalue weighted by atomic mass is 10.0. The minimum Gasteiger partial charge on any atom is -0.277 e.